The Morgan fingerprint density at radius 3 is 2.53 bits per heavy atom. The van der Waals surface area contributed by atoms with E-state index in [4.69, 9.17) is 5.73 Å². The van der Waals surface area contributed by atoms with E-state index in [0.717, 1.165) is 0 Å². The molecular formula is C13H13N3O. The van der Waals surface area contributed by atoms with Crippen molar-refractivity contribution in [2.45, 2.75) is 0 Å². The van der Waals surface area contributed by atoms with Gasteiger partial charge in [0.1, 0.15) is 5.82 Å². The van der Waals surface area contributed by atoms with Crippen molar-refractivity contribution >= 4 is 17.4 Å². The van der Waals surface area contributed by atoms with Crippen LogP contribution in [0.4, 0.5) is 11.5 Å². The first kappa shape index (κ1) is 11.1. The Bertz CT molecular complexity index is 525. The van der Waals surface area contributed by atoms with Gasteiger partial charge in [-0.15, -0.1) is 0 Å². The summed E-state index contributed by atoms with van der Waals surface area (Å²) >= 11 is 0. The van der Waals surface area contributed by atoms with E-state index in [2.05, 4.69) is 4.98 Å². The molecule has 4 heteroatoms. The number of amides is 1. The Kier molecular flexibility index (Phi) is 3.05. The molecule has 1 aromatic heterocycles. The topological polar surface area (TPSA) is 59.2 Å². The Balaban J connectivity index is 2.30. The normalized spacial score (nSPS) is 9.94. The molecule has 0 fully saturated rings. The summed E-state index contributed by atoms with van der Waals surface area (Å²) in [6.07, 6.45) is 1.65. The molecule has 0 spiro atoms. The lowest BCUT2D eigenvalue weighted by Gasteiger charge is -2.16. The van der Waals surface area contributed by atoms with Gasteiger partial charge in [0.25, 0.3) is 5.91 Å². The number of rotatable bonds is 2. The van der Waals surface area contributed by atoms with Crippen molar-refractivity contribution in [3.63, 3.8) is 0 Å². The van der Waals surface area contributed by atoms with Crippen molar-refractivity contribution in [2.75, 3.05) is 17.7 Å². The zero-order chi connectivity index (χ0) is 12.3. The van der Waals surface area contributed by atoms with Crippen LogP contribution < -0.4 is 10.6 Å². The van der Waals surface area contributed by atoms with Crippen LogP contribution in [-0.2, 0) is 0 Å². The summed E-state index contributed by atoms with van der Waals surface area (Å²) in [5.41, 5.74) is 6.73. The van der Waals surface area contributed by atoms with Crippen molar-refractivity contribution in [1.29, 1.82) is 0 Å². The molecule has 0 aliphatic heterocycles. The molecule has 1 aromatic carbocycles. The zero-order valence-electron chi connectivity index (χ0n) is 9.50. The van der Waals surface area contributed by atoms with Crippen molar-refractivity contribution in [2.24, 2.45) is 0 Å². The fourth-order valence-electron chi connectivity index (χ4n) is 1.53. The molecule has 0 saturated heterocycles. The van der Waals surface area contributed by atoms with E-state index in [0.29, 0.717) is 17.1 Å². The van der Waals surface area contributed by atoms with Gasteiger partial charge >= 0.3 is 0 Å². The average molecular weight is 227 g/mol. The van der Waals surface area contributed by atoms with Gasteiger partial charge in [0.15, 0.2) is 0 Å². The number of anilines is 2. The number of para-hydroxylation sites is 1. The predicted molar refractivity (Wildman–Crippen MR) is 67.8 cm³/mol. The smallest absolute Gasteiger partial charge is 0.261 e. The molecule has 0 atom stereocenters. The second-order valence-electron chi connectivity index (χ2n) is 3.64. The van der Waals surface area contributed by atoms with Gasteiger partial charge < -0.3 is 5.73 Å². The molecule has 4 nitrogen and oxygen atoms in total. The van der Waals surface area contributed by atoms with Gasteiger partial charge in [-0.25, -0.2) is 4.98 Å². The van der Waals surface area contributed by atoms with Crippen LogP contribution in [0.15, 0.2) is 48.7 Å². The lowest BCUT2D eigenvalue weighted by molar-refractivity contribution is 0.0993. The maximum Gasteiger partial charge on any atom is 0.261 e. The Morgan fingerprint density at radius 1 is 1.18 bits per heavy atom. The fraction of sp³-hybridized carbons (Fsp3) is 0.0769. The third kappa shape index (κ3) is 2.25. The van der Waals surface area contributed by atoms with Gasteiger partial charge in [-0.2, -0.15) is 0 Å². The number of hydrogen-bond donors (Lipinski definition) is 1. The molecule has 0 bridgehead atoms. The monoisotopic (exact) mass is 227 g/mol. The average Bonchev–Trinajstić information content (AvgIpc) is 2.39. The summed E-state index contributed by atoms with van der Waals surface area (Å²) in [5, 5.41) is 0. The van der Waals surface area contributed by atoms with E-state index in [1.165, 1.54) is 4.90 Å². The standard InChI is InChI=1S/C13H13N3O/c1-16(12-8-4-5-9-15-12)13(17)10-6-2-3-7-11(10)14/h2-9H,14H2,1H3. The van der Waals surface area contributed by atoms with E-state index in [-0.39, 0.29) is 5.91 Å². The van der Waals surface area contributed by atoms with E-state index in [9.17, 15) is 4.79 Å². The molecule has 2 rings (SSSR count). The number of nitrogens with zero attached hydrogens (tertiary/aromatic N) is 2. The number of carbonyl (C=O) groups is 1. The van der Waals surface area contributed by atoms with Crippen LogP contribution >= 0.6 is 0 Å². The third-order valence-electron chi connectivity index (χ3n) is 2.49. The molecule has 1 heterocycles. The van der Waals surface area contributed by atoms with Gasteiger partial charge in [0.05, 0.1) is 5.56 Å². The zero-order valence-corrected chi connectivity index (χ0v) is 9.50. The van der Waals surface area contributed by atoms with Crippen LogP contribution in [0.25, 0.3) is 0 Å². The van der Waals surface area contributed by atoms with Gasteiger partial charge in [0, 0.05) is 18.9 Å². The van der Waals surface area contributed by atoms with E-state index < -0.39 is 0 Å². The van der Waals surface area contributed by atoms with Crippen LogP contribution in [0.5, 0.6) is 0 Å². The molecule has 86 valence electrons. The number of carbonyl (C=O) groups excluding carboxylic acids is 1. The highest BCUT2D eigenvalue weighted by atomic mass is 16.2. The van der Waals surface area contributed by atoms with Crippen LogP contribution in [0.1, 0.15) is 10.4 Å². The van der Waals surface area contributed by atoms with Crippen LogP contribution in [0.3, 0.4) is 0 Å². The first-order valence-electron chi connectivity index (χ1n) is 5.24. The summed E-state index contributed by atoms with van der Waals surface area (Å²) in [5.74, 6) is 0.433. The highest BCUT2D eigenvalue weighted by Crippen LogP contribution is 2.16. The Hall–Kier alpha value is -2.36. The molecule has 0 aliphatic carbocycles. The minimum Gasteiger partial charge on any atom is -0.398 e. The molecule has 2 aromatic rings. The second-order valence-corrected chi connectivity index (χ2v) is 3.64. The number of pyridine rings is 1. The van der Waals surface area contributed by atoms with Crippen molar-refractivity contribution in [3.05, 3.63) is 54.2 Å². The molecule has 0 unspecified atom stereocenters. The largest absolute Gasteiger partial charge is 0.398 e. The summed E-state index contributed by atoms with van der Waals surface area (Å²) in [6, 6.07) is 12.4. The number of hydrogen-bond acceptors (Lipinski definition) is 3. The number of nitrogen functional groups attached to an aromatic ring is 1. The van der Waals surface area contributed by atoms with Crippen molar-refractivity contribution < 1.29 is 4.79 Å². The van der Waals surface area contributed by atoms with Crippen LogP contribution in [-0.4, -0.2) is 17.9 Å². The van der Waals surface area contributed by atoms with Gasteiger partial charge in [-0.1, -0.05) is 18.2 Å². The molecule has 0 radical (unpaired) electrons. The molecule has 0 aliphatic rings. The van der Waals surface area contributed by atoms with E-state index in [1.807, 2.05) is 6.07 Å². The Morgan fingerprint density at radius 2 is 1.88 bits per heavy atom. The highest BCUT2D eigenvalue weighted by Gasteiger charge is 2.15. The SMILES string of the molecule is CN(C(=O)c1ccccc1N)c1ccccn1. The first-order valence-corrected chi connectivity index (χ1v) is 5.24. The molecule has 2 N–H and O–H groups in total. The lowest BCUT2D eigenvalue weighted by atomic mass is 10.1. The summed E-state index contributed by atoms with van der Waals surface area (Å²) in [7, 11) is 1.68. The minimum absolute atomic E-state index is 0.165. The number of benzene rings is 1. The Labute approximate surface area is 99.7 Å². The quantitative estimate of drug-likeness (QED) is 0.797. The van der Waals surface area contributed by atoms with Gasteiger partial charge in [-0.3, -0.25) is 9.69 Å². The molecular weight excluding hydrogens is 214 g/mol. The minimum atomic E-state index is -0.165. The third-order valence-corrected chi connectivity index (χ3v) is 2.49. The number of aromatic nitrogens is 1. The molecule has 0 saturated carbocycles. The summed E-state index contributed by atoms with van der Waals surface area (Å²) in [6.45, 7) is 0. The van der Waals surface area contributed by atoms with Gasteiger partial charge in [-0.05, 0) is 24.3 Å². The van der Waals surface area contributed by atoms with Crippen molar-refractivity contribution in [1.82, 2.24) is 4.98 Å². The summed E-state index contributed by atoms with van der Waals surface area (Å²) < 4.78 is 0. The second kappa shape index (κ2) is 4.65. The number of nitrogens with two attached hydrogens (primary N) is 1. The lowest BCUT2D eigenvalue weighted by Crippen LogP contribution is -2.27. The maximum atomic E-state index is 12.2. The molecule has 17 heavy (non-hydrogen) atoms. The molecule has 1 amide bonds. The van der Waals surface area contributed by atoms with E-state index in [1.54, 1.807) is 49.6 Å². The summed E-state index contributed by atoms with van der Waals surface area (Å²) in [4.78, 5) is 17.8. The predicted octanol–water partition coefficient (Wildman–Crippen LogP) is 1.94. The fourth-order valence-corrected chi connectivity index (χ4v) is 1.53. The van der Waals surface area contributed by atoms with Crippen molar-refractivity contribution in [3.8, 4) is 0 Å². The van der Waals surface area contributed by atoms with Crippen LogP contribution in [0, 0.1) is 0 Å². The van der Waals surface area contributed by atoms with E-state index >= 15 is 0 Å². The maximum absolute atomic E-state index is 12.2. The highest BCUT2D eigenvalue weighted by molar-refractivity contribution is 6.08. The first-order chi connectivity index (χ1) is 8.20. The van der Waals surface area contributed by atoms with Crippen LogP contribution in [0.2, 0.25) is 0 Å². The van der Waals surface area contributed by atoms with Gasteiger partial charge in [0.2, 0.25) is 0 Å².